The molecule has 0 saturated carbocycles. The zero-order valence-electron chi connectivity index (χ0n) is 15.5. The van der Waals surface area contributed by atoms with Gasteiger partial charge < -0.3 is 19.9 Å². The summed E-state index contributed by atoms with van der Waals surface area (Å²) >= 11 is 2.13. The average molecular weight is 489 g/mol. The molecule has 3 aromatic carbocycles. The molecule has 0 fully saturated rings. The van der Waals surface area contributed by atoms with Gasteiger partial charge in [-0.15, -0.1) is 0 Å². The Hall–Kier alpha value is -2.74. The molecule has 5 nitrogen and oxygen atoms in total. The molecule has 3 aromatic rings. The molecule has 2 N–H and O–H groups in total. The summed E-state index contributed by atoms with van der Waals surface area (Å²) in [6.07, 6.45) is 0. The lowest BCUT2D eigenvalue weighted by Gasteiger charge is -2.15. The smallest absolute Gasteiger partial charge is 0.255 e. The van der Waals surface area contributed by atoms with E-state index in [4.69, 9.17) is 9.47 Å². The maximum atomic E-state index is 12.6. The number of aryl methyl sites for hydroxylation is 1. The van der Waals surface area contributed by atoms with Crippen LogP contribution in [0.2, 0.25) is 0 Å². The lowest BCUT2D eigenvalue weighted by atomic mass is 10.1. The Morgan fingerprint density at radius 1 is 1.07 bits per heavy atom. The van der Waals surface area contributed by atoms with Crippen LogP contribution in [0.4, 0.5) is 5.69 Å². The number of ether oxygens (including phenoxy) is 2. The van der Waals surface area contributed by atoms with Crippen molar-refractivity contribution >= 4 is 34.2 Å². The molecule has 3 rings (SSSR count). The van der Waals surface area contributed by atoms with Crippen molar-refractivity contribution in [2.24, 2.45) is 0 Å². The van der Waals surface area contributed by atoms with Crippen molar-refractivity contribution < 1.29 is 19.4 Å². The van der Waals surface area contributed by atoms with Crippen LogP contribution in [0.1, 0.15) is 21.5 Å². The molecule has 0 unspecified atom stereocenters. The minimum Gasteiger partial charge on any atom is -0.508 e. The van der Waals surface area contributed by atoms with E-state index in [-0.39, 0.29) is 11.7 Å². The molecule has 0 atom stereocenters. The van der Waals surface area contributed by atoms with Gasteiger partial charge in [-0.1, -0.05) is 29.8 Å². The fourth-order valence-corrected chi connectivity index (χ4v) is 3.34. The van der Waals surface area contributed by atoms with E-state index in [1.807, 2.05) is 31.2 Å². The average Bonchev–Trinajstić information content (AvgIpc) is 2.69. The van der Waals surface area contributed by atoms with Gasteiger partial charge in [0, 0.05) is 11.3 Å². The van der Waals surface area contributed by atoms with Crippen LogP contribution in [0.3, 0.4) is 0 Å². The standard InChI is InChI=1S/C22H20INO4/c1-14-3-5-15(6-4-14)13-28-21-19(23)11-16(12-20(21)27-2)22(26)24-17-7-9-18(25)10-8-17/h3-12,25H,13H2,1-2H3,(H,24,26). The quantitative estimate of drug-likeness (QED) is 0.372. The van der Waals surface area contributed by atoms with Gasteiger partial charge in [0.2, 0.25) is 0 Å². The molecule has 0 bridgehead atoms. The van der Waals surface area contributed by atoms with Crippen molar-refractivity contribution in [1.82, 2.24) is 0 Å². The molecule has 0 aromatic heterocycles. The number of carbonyl (C=O) groups excluding carboxylic acids is 1. The van der Waals surface area contributed by atoms with Crippen LogP contribution >= 0.6 is 22.6 Å². The lowest BCUT2D eigenvalue weighted by Crippen LogP contribution is -2.12. The topological polar surface area (TPSA) is 67.8 Å². The van der Waals surface area contributed by atoms with Crippen molar-refractivity contribution in [3.63, 3.8) is 0 Å². The predicted octanol–water partition coefficient (Wildman–Crippen LogP) is 5.15. The highest BCUT2D eigenvalue weighted by Crippen LogP contribution is 2.35. The van der Waals surface area contributed by atoms with Gasteiger partial charge in [-0.3, -0.25) is 4.79 Å². The Kier molecular flexibility index (Phi) is 6.41. The van der Waals surface area contributed by atoms with Crippen molar-refractivity contribution in [3.05, 3.63) is 80.9 Å². The number of amides is 1. The number of carbonyl (C=O) groups is 1. The van der Waals surface area contributed by atoms with Gasteiger partial charge in [0.05, 0.1) is 10.7 Å². The molecule has 0 saturated heterocycles. The third kappa shape index (κ3) is 4.95. The summed E-state index contributed by atoms with van der Waals surface area (Å²) in [7, 11) is 1.55. The highest BCUT2D eigenvalue weighted by Gasteiger charge is 2.16. The Bertz CT molecular complexity index is 969. The van der Waals surface area contributed by atoms with Gasteiger partial charge in [0.15, 0.2) is 11.5 Å². The molecule has 0 radical (unpaired) electrons. The number of halogens is 1. The second-order valence-electron chi connectivity index (χ2n) is 6.26. The number of phenols is 1. The molecular weight excluding hydrogens is 469 g/mol. The molecule has 144 valence electrons. The first kappa shape index (κ1) is 20.0. The second kappa shape index (κ2) is 8.97. The maximum Gasteiger partial charge on any atom is 0.255 e. The lowest BCUT2D eigenvalue weighted by molar-refractivity contribution is 0.102. The van der Waals surface area contributed by atoms with Gasteiger partial charge in [-0.25, -0.2) is 0 Å². The Labute approximate surface area is 177 Å². The molecule has 0 aliphatic heterocycles. The van der Waals surface area contributed by atoms with E-state index in [1.54, 1.807) is 31.4 Å². The third-order valence-electron chi connectivity index (χ3n) is 4.12. The number of hydrogen-bond acceptors (Lipinski definition) is 4. The van der Waals surface area contributed by atoms with Crippen molar-refractivity contribution in [2.75, 3.05) is 12.4 Å². The number of nitrogens with one attached hydrogen (secondary N) is 1. The third-order valence-corrected chi connectivity index (χ3v) is 4.92. The van der Waals surface area contributed by atoms with Crippen molar-refractivity contribution in [3.8, 4) is 17.2 Å². The normalized spacial score (nSPS) is 10.4. The summed E-state index contributed by atoms with van der Waals surface area (Å²) < 4.78 is 12.2. The summed E-state index contributed by atoms with van der Waals surface area (Å²) in [4.78, 5) is 12.6. The summed E-state index contributed by atoms with van der Waals surface area (Å²) in [6.45, 7) is 2.45. The molecule has 0 spiro atoms. The van der Waals surface area contributed by atoms with Gasteiger partial charge in [0.25, 0.3) is 5.91 Å². The van der Waals surface area contributed by atoms with E-state index < -0.39 is 0 Å². The number of benzene rings is 3. The first-order valence-corrected chi connectivity index (χ1v) is 9.70. The van der Waals surface area contributed by atoms with E-state index in [9.17, 15) is 9.90 Å². The number of hydrogen-bond donors (Lipinski definition) is 2. The van der Waals surface area contributed by atoms with Crippen LogP contribution in [-0.2, 0) is 6.61 Å². The van der Waals surface area contributed by atoms with Gasteiger partial charge >= 0.3 is 0 Å². The van der Waals surface area contributed by atoms with Crippen molar-refractivity contribution in [1.29, 1.82) is 0 Å². The predicted molar refractivity (Wildman–Crippen MR) is 117 cm³/mol. The molecule has 0 aliphatic rings. The number of rotatable bonds is 6. The first-order valence-electron chi connectivity index (χ1n) is 8.62. The fraction of sp³-hybridized carbons (Fsp3) is 0.136. The maximum absolute atomic E-state index is 12.6. The monoisotopic (exact) mass is 489 g/mol. The second-order valence-corrected chi connectivity index (χ2v) is 7.43. The molecule has 6 heteroatoms. The van der Waals surface area contributed by atoms with Crippen LogP contribution < -0.4 is 14.8 Å². The number of anilines is 1. The molecular formula is C22H20INO4. The summed E-state index contributed by atoms with van der Waals surface area (Å²) in [6, 6.07) is 17.8. The van der Waals surface area contributed by atoms with Gasteiger partial charge in [0.1, 0.15) is 12.4 Å². The van der Waals surface area contributed by atoms with Gasteiger partial charge in [-0.05, 0) is 71.5 Å². The zero-order chi connectivity index (χ0) is 20.1. The zero-order valence-corrected chi connectivity index (χ0v) is 17.7. The summed E-state index contributed by atoms with van der Waals surface area (Å²) in [5.41, 5.74) is 3.30. The van der Waals surface area contributed by atoms with Crippen molar-refractivity contribution in [2.45, 2.75) is 13.5 Å². The van der Waals surface area contributed by atoms with Gasteiger partial charge in [-0.2, -0.15) is 0 Å². The van der Waals surface area contributed by atoms with Crippen LogP contribution in [-0.4, -0.2) is 18.1 Å². The largest absolute Gasteiger partial charge is 0.508 e. The van der Waals surface area contributed by atoms with Crippen LogP contribution in [0.5, 0.6) is 17.2 Å². The van der Waals surface area contributed by atoms with Crippen LogP contribution in [0.15, 0.2) is 60.7 Å². The molecule has 0 heterocycles. The highest BCUT2D eigenvalue weighted by molar-refractivity contribution is 14.1. The van der Waals surface area contributed by atoms with E-state index in [0.29, 0.717) is 29.4 Å². The van der Waals surface area contributed by atoms with E-state index >= 15 is 0 Å². The van der Waals surface area contributed by atoms with E-state index in [1.165, 1.54) is 17.7 Å². The Morgan fingerprint density at radius 3 is 2.39 bits per heavy atom. The molecule has 1 amide bonds. The molecule has 28 heavy (non-hydrogen) atoms. The number of phenolic OH excluding ortho intramolecular Hbond substituents is 1. The van der Waals surface area contributed by atoms with E-state index in [0.717, 1.165) is 9.13 Å². The Morgan fingerprint density at radius 2 is 1.75 bits per heavy atom. The minimum atomic E-state index is -0.271. The SMILES string of the molecule is COc1cc(C(=O)Nc2ccc(O)cc2)cc(I)c1OCc1ccc(C)cc1. The Balaban J connectivity index is 1.77. The minimum absolute atomic E-state index is 0.143. The highest BCUT2D eigenvalue weighted by atomic mass is 127. The summed E-state index contributed by atoms with van der Waals surface area (Å²) in [5, 5.41) is 12.1. The first-order chi connectivity index (χ1) is 13.5. The number of methoxy groups -OCH3 is 1. The summed E-state index contributed by atoms with van der Waals surface area (Å²) in [5.74, 6) is 0.969. The van der Waals surface area contributed by atoms with Crippen LogP contribution in [0, 0.1) is 10.5 Å². The van der Waals surface area contributed by atoms with Crippen LogP contribution in [0.25, 0.3) is 0 Å². The fourth-order valence-electron chi connectivity index (χ4n) is 2.58. The molecule has 0 aliphatic carbocycles. The number of aromatic hydroxyl groups is 1. The van der Waals surface area contributed by atoms with E-state index in [2.05, 4.69) is 27.9 Å².